The van der Waals surface area contributed by atoms with E-state index in [0.29, 0.717) is 0 Å². The van der Waals surface area contributed by atoms with E-state index in [9.17, 15) is 0 Å². The Kier molecular flexibility index (Phi) is 1.81. The second-order valence-corrected chi connectivity index (χ2v) is 2.45. The first kappa shape index (κ1) is 6.24. The quantitative estimate of drug-likeness (QED) is 0.590. The minimum atomic E-state index is 0.748. The summed E-state index contributed by atoms with van der Waals surface area (Å²) in [5, 5.41) is 8.46. The Bertz CT molecular complexity index is 233. The second-order valence-electron chi connectivity index (χ2n) is 1.59. The molecule has 0 N–H and O–H groups in total. The summed E-state index contributed by atoms with van der Waals surface area (Å²) in [7, 11) is 0. The maximum absolute atomic E-state index is 8.46. The van der Waals surface area contributed by atoms with Gasteiger partial charge in [0.1, 0.15) is 10.9 Å². The molecule has 0 saturated carbocycles. The molecule has 1 aromatic heterocycles. The fourth-order valence-corrected chi connectivity index (χ4v) is 1.28. The lowest BCUT2D eigenvalue weighted by Crippen LogP contribution is -1.80. The van der Waals surface area contributed by atoms with E-state index < -0.39 is 0 Å². The van der Waals surface area contributed by atoms with Gasteiger partial charge in [-0.3, -0.25) is 0 Å². The van der Waals surface area contributed by atoms with Crippen LogP contribution in [-0.4, -0.2) is 4.98 Å². The van der Waals surface area contributed by atoms with Crippen molar-refractivity contribution >= 4 is 11.3 Å². The normalized spacial score (nSPS) is 8.89. The van der Waals surface area contributed by atoms with E-state index >= 15 is 0 Å². The van der Waals surface area contributed by atoms with Crippen LogP contribution in [-0.2, 0) is 6.42 Å². The van der Waals surface area contributed by atoms with Gasteiger partial charge in [-0.1, -0.05) is 6.92 Å². The van der Waals surface area contributed by atoms with E-state index in [4.69, 9.17) is 5.26 Å². The topological polar surface area (TPSA) is 36.7 Å². The number of aromatic nitrogens is 1. The first-order valence-corrected chi connectivity index (χ1v) is 3.59. The van der Waals surface area contributed by atoms with Gasteiger partial charge in [-0.25, -0.2) is 4.98 Å². The molecule has 1 aromatic rings. The molecule has 0 bridgehead atoms. The van der Waals surface area contributed by atoms with E-state index in [1.165, 1.54) is 11.3 Å². The smallest absolute Gasteiger partial charge is 0.127 e. The first-order chi connectivity index (χ1) is 4.38. The van der Waals surface area contributed by atoms with Crippen LogP contribution in [0.2, 0.25) is 0 Å². The molecule has 46 valence electrons. The molecule has 0 aliphatic carbocycles. The summed E-state index contributed by atoms with van der Waals surface area (Å²) in [6.45, 7) is 2.00. The average Bonchev–Trinajstić information content (AvgIpc) is 2.33. The highest BCUT2D eigenvalue weighted by atomic mass is 32.1. The van der Waals surface area contributed by atoms with Crippen molar-refractivity contribution in [3.05, 3.63) is 16.1 Å². The van der Waals surface area contributed by atoms with Gasteiger partial charge in [0, 0.05) is 0 Å². The number of hydrogen-bond donors (Lipinski definition) is 0. The maximum Gasteiger partial charge on any atom is 0.127 e. The molecule has 0 spiro atoms. The van der Waals surface area contributed by atoms with Gasteiger partial charge >= 0.3 is 0 Å². The Balaban J connectivity index is 3.02. The van der Waals surface area contributed by atoms with Crippen molar-refractivity contribution < 1.29 is 0 Å². The third-order valence-electron chi connectivity index (χ3n) is 1.08. The Morgan fingerprint density at radius 1 is 1.89 bits per heavy atom. The van der Waals surface area contributed by atoms with Gasteiger partial charge in [0.25, 0.3) is 0 Å². The maximum atomic E-state index is 8.46. The first-order valence-electron chi connectivity index (χ1n) is 2.71. The lowest BCUT2D eigenvalue weighted by molar-refractivity contribution is 1.06. The number of nitrogens with zero attached hydrogens (tertiary/aromatic N) is 2. The predicted octanol–water partition coefficient (Wildman–Crippen LogP) is 1.58. The predicted molar refractivity (Wildman–Crippen MR) is 36.2 cm³/mol. The minimum Gasteiger partial charge on any atom is -0.248 e. The second kappa shape index (κ2) is 2.60. The van der Waals surface area contributed by atoms with Crippen molar-refractivity contribution in [3.63, 3.8) is 0 Å². The number of nitriles is 1. The van der Waals surface area contributed by atoms with Crippen molar-refractivity contribution in [2.24, 2.45) is 0 Å². The SMILES string of the molecule is CCc1ncsc1C#N. The van der Waals surface area contributed by atoms with Crippen LogP contribution in [0, 0.1) is 11.3 Å². The number of rotatable bonds is 1. The molecular weight excluding hydrogens is 132 g/mol. The summed E-state index contributed by atoms with van der Waals surface area (Å²) in [5.74, 6) is 0. The lowest BCUT2D eigenvalue weighted by Gasteiger charge is -1.83. The molecule has 0 fully saturated rings. The van der Waals surface area contributed by atoms with E-state index in [-0.39, 0.29) is 0 Å². The van der Waals surface area contributed by atoms with E-state index in [1.54, 1.807) is 5.51 Å². The van der Waals surface area contributed by atoms with Crippen LogP contribution in [0.4, 0.5) is 0 Å². The third-order valence-corrected chi connectivity index (χ3v) is 1.85. The van der Waals surface area contributed by atoms with Gasteiger partial charge in [-0.15, -0.1) is 11.3 Å². The van der Waals surface area contributed by atoms with Crippen LogP contribution in [0.25, 0.3) is 0 Å². The number of hydrogen-bond acceptors (Lipinski definition) is 3. The molecule has 0 unspecified atom stereocenters. The van der Waals surface area contributed by atoms with E-state index in [2.05, 4.69) is 11.1 Å². The summed E-state index contributed by atoms with van der Waals surface area (Å²) >= 11 is 1.40. The van der Waals surface area contributed by atoms with Crippen LogP contribution >= 0.6 is 11.3 Å². The highest BCUT2D eigenvalue weighted by Crippen LogP contribution is 2.10. The molecule has 0 atom stereocenters. The summed E-state index contributed by atoms with van der Waals surface area (Å²) in [4.78, 5) is 4.75. The largest absolute Gasteiger partial charge is 0.248 e. The molecule has 0 aliphatic rings. The molecule has 0 aliphatic heterocycles. The molecule has 9 heavy (non-hydrogen) atoms. The van der Waals surface area contributed by atoms with Crippen molar-refractivity contribution in [2.75, 3.05) is 0 Å². The standard InChI is InChI=1S/C6H6N2S/c1-2-5-6(3-7)9-4-8-5/h4H,2H2,1H3. The fourth-order valence-electron chi connectivity index (χ4n) is 0.612. The summed E-state index contributed by atoms with van der Waals surface area (Å²) in [5.41, 5.74) is 2.62. The molecule has 0 amide bonds. The van der Waals surface area contributed by atoms with Crippen molar-refractivity contribution in [2.45, 2.75) is 13.3 Å². The zero-order valence-corrected chi connectivity index (χ0v) is 5.90. The Morgan fingerprint density at radius 3 is 3.11 bits per heavy atom. The van der Waals surface area contributed by atoms with Crippen LogP contribution in [0.5, 0.6) is 0 Å². The van der Waals surface area contributed by atoms with E-state index in [1.807, 2.05) is 6.92 Å². The number of aryl methyl sites for hydroxylation is 1. The van der Waals surface area contributed by atoms with Crippen molar-refractivity contribution in [1.82, 2.24) is 4.98 Å². The van der Waals surface area contributed by atoms with Gasteiger partial charge in [-0.05, 0) is 6.42 Å². The zero-order chi connectivity index (χ0) is 6.69. The van der Waals surface area contributed by atoms with Crippen LogP contribution in [0.15, 0.2) is 5.51 Å². The molecule has 0 radical (unpaired) electrons. The molecule has 2 nitrogen and oxygen atoms in total. The Labute approximate surface area is 57.8 Å². The fraction of sp³-hybridized carbons (Fsp3) is 0.333. The lowest BCUT2D eigenvalue weighted by atomic mass is 10.3. The Morgan fingerprint density at radius 2 is 2.67 bits per heavy atom. The Hall–Kier alpha value is -0.880. The van der Waals surface area contributed by atoms with Crippen molar-refractivity contribution in [1.29, 1.82) is 5.26 Å². The molecular formula is C6H6N2S. The summed E-state index contributed by atoms with van der Waals surface area (Å²) in [6.07, 6.45) is 0.854. The monoisotopic (exact) mass is 138 g/mol. The molecule has 1 heterocycles. The average molecular weight is 138 g/mol. The van der Waals surface area contributed by atoms with E-state index in [0.717, 1.165) is 17.0 Å². The molecule has 0 aromatic carbocycles. The highest BCUT2D eigenvalue weighted by Gasteiger charge is 1.99. The van der Waals surface area contributed by atoms with Gasteiger partial charge in [-0.2, -0.15) is 5.26 Å². The van der Waals surface area contributed by atoms with Crippen LogP contribution < -0.4 is 0 Å². The van der Waals surface area contributed by atoms with Gasteiger partial charge < -0.3 is 0 Å². The van der Waals surface area contributed by atoms with Gasteiger partial charge in [0.15, 0.2) is 0 Å². The third kappa shape index (κ3) is 1.08. The van der Waals surface area contributed by atoms with Gasteiger partial charge in [0.2, 0.25) is 0 Å². The minimum absolute atomic E-state index is 0.748. The molecule has 0 saturated heterocycles. The number of thiazole rings is 1. The summed E-state index contributed by atoms with van der Waals surface area (Å²) < 4.78 is 0. The van der Waals surface area contributed by atoms with Crippen molar-refractivity contribution in [3.8, 4) is 6.07 Å². The van der Waals surface area contributed by atoms with Crippen LogP contribution in [0.1, 0.15) is 17.5 Å². The highest BCUT2D eigenvalue weighted by molar-refractivity contribution is 7.10. The van der Waals surface area contributed by atoms with Gasteiger partial charge in [0.05, 0.1) is 11.2 Å². The summed E-state index contributed by atoms with van der Waals surface area (Å²) in [6, 6.07) is 2.08. The molecule has 1 rings (SSSR count). The molecule has 3 heteroatoms. The van der Waals surface area contributed by atoms with Crippen LogP contribution in [0.3, 0.4) is 0 Å². The zero-order valence-electron chi connectivity index (χ0n) is 5.09.